The molecule has 0 saturated carbocycles. The standard InChI is InChI=1S/C20H13ClF5N3O2/c21-16-11(8-27)12(23)7-15-18(16)29-5-1-2-13(28-19(30)20(24,25)26)17(29)10-4-3-9(22)6-14(10)31-15/h3-4,6-7,13,17H,1-2,5H2,(H,28,30)/t13-,17+/m0/s1. The van der Waals surface area contributed by atoms with Gasteiger partial charge in [-0.15, -0.1) is 0 Å². The Hall–Kier alpha value is -3.06. The van der Waals surface area contributed by atoms with Gasteiger partial charge in [0.1, 0.15) is 34.7 Å². The lowest BCUT2D eigenvalue weighted by Crippen LogP contribution is -2.52. The van der Waals surface area contributed by atoms with Gasteiger partial charge in [-0.2, -0.15) is 18.4 Å². The number of anilines is 1. The number of nitriles is 1. The number of rotatable bonds is 1. The molecule has 2 aliphatic heterocycles. The van der Waals surface area contributed by atoms with E-state index in [0.717, 1.165) is 18.2 Å². The number of amides is 1. The van der Waals surface area contributed by atoms with Crippen LogP contribution < -0.4 is 15.0 Å². The number of piperidine rings is 1. The summed E-state index contributed by atoms with van der Waals surface area (Å²) in [6, 6.07) is 4.08. The Morgan fingerprint density at radius 2 is 2.00 bits per heavy atom. The van der Waals surface area contributed by atoms with Gasteiger partial charge in [0, 0.05) is 24.2 Å². The fourth-order valence-electron chi connectivity index (χ4n) is 4.03. The minimum absolute atomic E-state index is 0.0536. The number of hydrogen-bond donors (Lipinski definition) is 1. The molecule has 4 rings (SSSR count). The second kappa shape index (κ2) is 7.57. The van der Waals surface area contributed by atoms with Crippen molar-refractivity contribution in [1.82, 2.24) is 5.32 Å². The lowest BCUT2D eigenvalue weighted by molar-refractivity contribution is -0.174. The summed E-state index contributed by atoms with van der Waals surface area (Å²) in [5.74, 6) is -3.92. The molecule has 162 valence electrons. The van der Waals surface area contributed by atoms with E-state index in [1.54, 1.807) is 11.0 Å². The molecule has 0 aromatic heterocycles. The number of benzene rings is 2. The summed E-state index contributed by atoms with van der Waals surface area (Å²) in [6.07, 6.45) is -4.54. The highest BCUT2D eigenvalue weighted by Gasteiger charge is 2.45. The maximum atomic E-state index is 14.4. The van der Waals surface area contributed by atoms with Crippen LogP contribution in [0.25, 0.3) is 0 Å². The monoisotopic (exact) mass is 457 g/mol. The van der Waals surface area contributed by atoms with Gasteiger partial charge in [-0.1, -0.05) is 17.7 Å². The van der Waals surface area contributed by atoms with E-state index in [-0.39, 0.29) is 35.2 Å². The number of ether oxygens (including phenoxy) is 1. The van der Waals surface area contributed by atoms with Gasteiger partial charge in [0.2, 0.25) is 0 Å². The molecule has 0 spiro atoms. The van der Waals surface area contributed by atoms with Crippen LogP contribution in [0.3, 0.4) is 0 Å². The van der Waals surface area contributed by atoms with Gasteiger partial charge in [0.05, 0.1) is 17.1 Å². The molecule has 5 nitrogen and oxygen atoms in total. The Bertz CT molecular complexity index is 1120. The molecule has 1 amide bonds. The highest BCUT2D eigenvalue weighted by atomic mass is 35.5. The molecular formula is C20H13ClF5N3O2. The third kappa shape index (κ3) is 3.63. The van der Waals surface area contributed by atoms with E-state index in [0.29, 0.717) is 12.0 Å². The van der Waals surface area contributed by atoms with Crippen LogP contribution in [0.1, 0.15) is 30.0 Å². The topological polar surface area (TPSA) is 65.4 Å². The van der Waals surface area contributed by atoms with Crippen molar-refractivity contribution >= 4 is 23.2 Å². The molecule has 2 aliphatic rings. The number of carbonyl (C=O) groups excluding carboxylic acids is 1. The Balaban J connectivity index is 1.91. The molecular weight excluding hydrogens is 445 g/mol. The first kappa shape index (κ1) is 21.2. The van der Waals surface area contributed by atoms with E-state index < -0.39 is 41.4 Å². The van der Waals surface area contributed by atoms with E-state index in [9.17, 15) is 32.0 Å². The first-order chi connectivity index (χ1) is 14.6. The Labute approximate surface area is 178 Å². The molecule has 2 atom stereocenters. The van der Waals surface area contributed by atoms with Crippen LogP contribution in [0.5, 0.6) is 11.5 Å². The SMILES string of the molecule is N#Cc1c(F)cc2c(c1Cl)N1CCC[C@H](NC(=O)C(F)(F)F)[C@H]1c1ccc(F)cc1O2. The number of carbonyl (C=O) groups is 1. The van der Waals surface area contributed by atoms with E-state index in [1.165, 1.54) is 6.07 Å². The summed E-state index contributed by atoms with van der Waals surface area (Å²) >= 11 is 6.30. The molecule has 1 saturated heterocycles. The van der Waals surface area contributed by atoms with Crippen molar-refractivity contribution in [2.24, 2.45) is 0 Å². The highest BCUT2D eigenvalue weighted by molar-refractivity contribution is 6.35. The van der Waals surface area contributed by atoms with Crippen molar-refractivity contribution in [3.63, 3.8) is 0 Å². The molecule has 11 heteroatoms. The van der Waals surface area contributed by atoms with Gasteiger partial charge in [-0.3, -0.25) is 4.79 Å². The molecule has 0 unspecified atom stereocenters. The maximum absolute atomic E-state index is 14.4. The highest BCUT2D eigenvalue weighted by Crippen LogP contribution is 2.51. The first-order valence-corrected chi connectivity index (χ1v) is 9.53. The summed E-state index contributed by atoms with van der Waals surface area (Å²) in [5, 5.41) is 11.0. The van der Waals surface area contributed by atoms with Crippen LogP contribution in [-0.4, -0.2) is 24.7 Å². The van der Waals surface area contributed by atoms with E-state index in [4.69, 9.17) is 16.3 Å². The number of nitrogens with one attached hydrogen (secondary N) is 1. The number of fused-ring (bicyclic) bond motifs is 5. The third-order valence-corrected chi connectivity index (χ3v) is 5.64. The minimum Gasteiger partial charge on any atom is -0.455 e. The van der Waals surface area contributed by atoms with Gasteiger partial charge < -0.3 is 15.0 Å². The summed E-state index contributed by atoms with van der Waals surface area (Å²) in [6.45, 7) is 0.270. The van der Waals surface area contributed by atoms with Crippen LogP contribution in [0.2, 0.25) is 5.02 Å². The molecule has 31 heavy (non-hydrogen) atoms. The first-order valence-electron chi connectivity index (χ1n) is 9.15. The third-order valence-electron chi connectivity index (χ3n) is 5.28. The zero-order valence-electron chi connectivity index (χ0n) is 15.6. The van der Waals surface area contributed by atoms with Gasteiger partial charge in [0.25, 0.3) is 0 Å². The van der Waals surface area contributed by atoms with Crippen LogP contribution in [-0.2, 0) is 4.79 Å². The molecule has 0 bridgehead atoms. The number of hydrogen-bond acceptors (Lipinski definition) is 4. The zero-order chi connectivity index (χ0) is 22.5. The van der Waals surface area contributed by atoms with Crippen molar-refractivity contribution in [2.45, 2.75) is 31.1 Å². The number of halogens is 6. The second-order valence-electron chi connectivity index (χ2n) is 7.15. The van der Waals surface area contributed by atoms with Crippen molar-refractivity contribution < 1.29 is 31.5 Å². The smallest absolute Gasteiger partial charge is 0.455 e. The van der Waals surface area contributed by atoms with Crippen molar-refractivity contribution in [1.29, 1.82) is 5.26 Å². The predicted octanol–water partition coefficient (Wildman–Crippen LogP) is 4.98. The van der Waals surface area contributed by atoms with Crippen molar-refractivity contribution in [3.05, 3.63) is 52.0 Å². The van der Waals surface area contributed by atoms with Crippen molar-refractivity contribution in [2.75, 3.05) is 11.4 Å². The van der Waals surface area contributed by atoms with Crippen LogP contribution >= 0.6 is 11.6 Å². The average molecular weight is 458 g/mol. The molecule has 1 N–H and O–H groups in total. The Kier molecular flexibility index (Phi) is 5.17. The maximum Gasteiger partial charge on any atom is 0.471 e. The summed E-state index contributed by atoms with van der Waals surface area (Å²) in [4.78, 5) is 13.2. The Morgan fingerprint density at radius 1 is 1.26 bits per heavy atom. The quantitative estimate of drug-likeness (QED) is 0.613. The van der Waals surface area contributed by atoms with Gasteiger partial charge in [-0.05, 0) is 18.9 Å². The summed E-state index contributed by atoms with van der Waals surface area (Å²) in [7, 11) is 0. The Morgan fingerprint density at radius 3 is 2.68 bits per heavy atom. The largest absolute Gasteiger partial charge is 0.471 e. The van der Waals surface area contributed by atoms with E-state index in [2.05, 4.69) is 0 Å². The number of alkyl halides is 3. The van der Waals surface area contributed by atoms with Gasteiger partial charge in [-0.25, -0.2) is 8.78 Å². The second-order valence-corrected chi connectivity index (χ2v) is 7.53. The van der Waals surface area contributed by atoms with Gasteiger partial charge in [0.15, 0.2) is 5.75 Å². The minimum atomic E-state index is -5.10. The fraction of sp³-hybridized carbons (Fsp3) is 0.300. The molecule has 0 aliphatic carbocycles. The van der Waals surface area contributed by atoms with E-state index >= 15 is 0 Å². The van der Waals surface area contributed by atoms with Crippen molar-refractivity contribution in [3.8, 4) is 17.6 Å². The summed E-state index contributed by atoms with van der Waals surface area (Å²) in [5.41, 5.74) is -0.0757. The number of nitrogens with zero attached hydrogens (tertiary/aromatic N) is 2. The molecule has 2 aromatic rings. The van der Waals surface area contributed by atoms with E-state index in [1.807, 2.05) is 5.32 Å². The lowest BCUT2D eigenvalue weighted by atomic mass is 9.89. The molecule has 1 fully saturated rings. The molecule has 0 radical (unpaired) electrons. The molecule has 2 heterocycles. The summed E-state index contributed by atoms with van der Waals surface area (Å²) < 4.78 is 72.7. The fourth-order valence-corrected chi connectivity index (χ4v) is 4.36. The van der Waals surface area contributed by atoms with Crippen LogP contribution in [0.15, 0.2) is 24.3 Å². The normalized spacial score (nSPS) is 19.8. The molecule has 2 aromatic carbocycles. The van der Waals surface area contributed by atoms with Gasteiger partial charge >= 0.3 is 12.1 Å². The lowest BCUT2D eigenvalue weighted by Gasteiger charge is -2.42. The average Bonchev–Trinajstić information content (AvgIpc) is 2.81. The predicted molar refractivity (Wildman–Crippen MR) is 99.9 cm³/mol. The zero-order valence-corrected chi connectivity index (χ0v) is 16.3. The van der Waals surface area contributed by atoms with Crippen LogP contribution in [0, 0.1) is 23.0 Å². The van der Waals surface area contributed by atoms with Crippen LogP contribution in [0.4, 0.5) is 27.6 Å².